The lowest BCUT2D eigenvalue weighted by Gasteiger charge is -2.47. The summed E-state index contributed by atoms with van der Waals surface area (Å²) in [4.78, 5) is 10.8. The van der Waals surface area contributed by atoms with Crippen LogP contribution in [-0.2, 0) is 16.2 Å². The number of nitrogens with zero attached hydrogens (tertiary/aromatic N) is 4. The summed E-state index contributed by atoms with van der Waals surface area (Å²) in [5.74, 6) is 0. The van der Waals surface area contributed by atoms with Crippen molar-refractivity contribution in [2.75, 3.05) is 0 Å². The standard InChI is InChI=1S/C69H44N4/c1-67(2)52-29-14-15-30-53(52)69(57-38-48-45-23-8-13-28-51(45)68(55(48)39-56(57)67)49-26-11-6-21-43(49)44-22-7-12-27-50(44)68)54-31-18-36-70-65(54)66-58(69)37-42(40-71-66)73-60-33-17-10-25-47(60)64-62(73)35-34-61-63(64)46-24-9-16-32-59(46)72(61)41-19-4-3-5-20-41/h3-40H,1-2H3. The maximum absolute atomic E-state index is 5.59. The Morgan fingerprint density at radius 3 is 1.45 bits per heavy atom. The zero-order valence-corrected chi connectivity index (χ0v) is 40.2. The molecule has 0 bridgehead atoms. The van der Waals surface area contributed by atoms with Crippen molar-refractivity contribution < 1.29 is 0 Å². The molecule has 0 fully saturated rings. The van der Waals surface area contributed by atoms with Gasteiger partial charge in [0.25, 0.3) is 0 Å². The van der Waals surface area contributed by atoms with Crippen LogP contribution < -0.4 is 0 Å². The molecule has 4 aromatic heterocycles. The first-order valence-electron chi connectivity index (χ1n) is 25.6. The number of benzene rings is 9. The number of pyridine rings is 2. The molecule has 0 radical (unpaired) electrons. The summed E-state index contributed by atoms with van der Waals surface area (Å²) in [6.07, 6.45) is 4.04. The van der Waals surface area contributed by atoms with Crippen molar-refractivity contribution in [2.45, 2.75) is 30.1 Å². The van der Waals surface area contributed by atoms with Crippen LogP contribution in [0.5, 0.6) is 0 Å². The molecule has 73 heavy (non-hydrogen) atoms. The lowest BCUT2D eigenvalue weighted by atomic mass is 9.55. The molecule has 4 nitrogen and oxygen atoms in total. The van der Waals surface area contributed by atoms with E-state index in [1.54, 1.807) is 0 Å². The predicted molar refractivity (Wildman–Crippen MR) is 296 cm³/mol. The van der Waals surface area contributed by atoms with Crippen LogP contribution in [0.2, 0.25) is 0 Å². The zero-order chi connectivity index (χ0) is 48.0. The smallest absolute Gasteiger partial charge is 0.0939 e. The Morgan fingerprint density at radius 2 is 0.808 bits per heavy atom. The van der Waals surface area contributed by atoms with E-state index in [4.69, 9.17) is 9.97 Å². The third kappa shape index (κ3) is 4.57. The summed E-state index contributed by atoms with van der Waals surface area (Å²) in [6.45, 7) is 4.88. The largest absolute Gasteiger partial charge is 0.309 e. The monoisotopic (exact) mass is 928 g/mol. The Kier molecular flexibility index (Phi) is 7.39. The van der Waals surface area contributed by atoms with E-state index in [0.29, 0.717) is 0 Å². The van der Waals surface area contributed by atoms with Gasteiger partial charge < -0.3 is 9.13 Å². The Morgan fingerprint density at radius 1 is 0.315 bits per heavy atom. The molecule has 0 saturated heterocycles. The SMILES string of the molecule is CC1(C)c2ccccc2C2(c3cc4c(cc31)C1(c3ccccc3-c3ccccc31)c1ccccc1-4)c1cccnc1-c1ncc(-n3c4ccccc4c4c5c6ccccc6n(-c6ccccc6)c5ccc43)cc12. The minimum Gasteiger partial charge on any atom is -0.309 e. The first-order valence-corrected chi connectivity index (χ1v) is 25.6. The van der Waals surface area contributed by atoms with Gasteiger partial charge in [-0.15, -0.1) is 0 Å². The van der Waals surface area contributed by atoms with Gasteiger partial charge in [0.05, 0.1) is 56.2 Å². The fourth-order valence-electron chi connectivity index (χ4n) is 14.9. The zero-order valence-electron chi connectivity index (χ0n) is 40.2. The Hall–Kier alpha value is -9.12. The molecule has 0 amide bonds. The number of aromatic nitrogens is 4. The highest BCUT2D eigenvalue weighted by Crippen LogP contribution is 2.67. The van der Waals surface area contributed by atoms with Crippen molar-refractivity contribution in [3.63, 3.8) is 0 Å². The first-order chi connectivity index (χ1) is 36.0. The van der Waals surface area contributed by atoms with E-state index in [0.717, 1.165) is 39.4 Å². The minimum atomic E-state index is -0.732. The molecule has 9 aromatic carbocycles. The van der Waals surface area contributed by atoms with Crippen molar-refractivity contribution in [3.8, 4) is 45.0 Å². The van der Waals surface area contributed by atoms with Gasteiger partial charge >= 0.3 is 0 Å². The number of rotatable bonds is 2. The van der Waals surface area contributed by atoms with Crippen LogP contribution in [0.25, 0.3) is 88.6 Å². The van der Waals surface area contributed by atoms with Crippen LogP contribution in [0, 0.1) is 0 Å². The maximum Gasteiger partial charge on any atom is 0.0939 e. The normalized spacial score (nSPS) is 16.6. The number of hydrogen-bond donors (Lipinski definition) is 0. The van der Waals surface area contributed by atoms with Gasteiger partial charge in [-0.3, -0.25) is 9.97 Å². The maximum atomic E-state index is 5.59. The second kappa shape index (κ2) is 13.6. The van der Waals surface area contributed by atoms with Crippen molar-refractivity contribution >= 4 is 43.6 Å². The van der Waals surface area contributed by atoms with Gasteiger partial charge in [0.1, 0.15) is 0 Å². The summed E-state index contributed by atoms with van der Waals surface area (Å²) >= 11 is 0. The highest BCUT2D eigenvalue weighted by Gasteiger charge is 2.58. The van der Waals surface area contributed by atoms with E-state index < -0.39 is 10.8 Å². The number of hydrogen-bond acceptors (Lipinski definition) is 2. The molecule has 1 atom stereocenters. The molecule has 13 aromatic rings. The Bertz CT molecular complexity index is 4560. The van der Waals surface area contributed by atoms with E-state index in [1.165, 1.54) is 105 Å². The Balaban J connectivity index is 0.981. The van der Waals surface area contributed by atoms with Crippen molar-refractivity contribution in [1.29, 1.82) is 0 Å². The summed E-state index contributed by atoms with van der Waals surface area (Å²) in [5, 5.41) is 4.95. The van der Waals surface area contributed by atoms with Gasteiger partial charge in [0, 0.05) is 44.4 Å². The first kappa shape index (κ1) is 39.6. The molecule has 1 unspecified atom stereocenters. The third-order valence-corrected chi connectivity index (χ3v) is 17.7. The molecule has 0 saturated carbocycles. The average Bonchev–Trinajstić information content (AvgIpc) is 4.21. The molecule has 4 aliphatic rings. The van der Waals surface area contributed by atoms with Crippen molar-refractivity contribution in [1.82, 2.24) is 19.1 Å². The molecule has 340 valence electrons. The van der Waals surface area contributed by atoms with E-state index in [2.05, 4.69) is 248 Å². The summed E-state index contributed by atoms with van der Waals surface area (Å²) in [5.41, 5.74) is 25.4. The van der Waals surface area contributed by atoms with E-state index in [9.17, 15) is 0 Å². The predicted octanol–water partition coefficient (Wildman–Crippen LogP) is 16.0. The second-order valence-corrected chi connectivity index (χ2v) is 21.1. The van der Waals surface area contributed by atoms with Gasteiger partial charge in [0.15, 0.2) is 0 Å². The molecule has 4 aliphatic carbocycles. The average molecular weight is 929 g/mol. The molecule has 4 heteroatoms. The quantitative estimate of drug-likeness (QED) is 0.173. The second-order valence-electron chi connectivity index (χ2n) is 21.1. The Labute approximate surface area is 422 Å². The van der Waals surface area contributed by atoms with Crippen LogP contribution in [0.1, 0.15) is 69.5 Å². The van der Waals surface area contributed by atoms with Gasteiger partial charge in [-0.1, -0.05) is 178 Å². The molecule has 2 spiro atoms. The van der Waals surface area contributed by atoms with Gasteiger partial charge in [-0.25, -0.2) is 0 Å². The van der Waals surface area contributed by atoms with Gasteiger partial charge in [-0.05, 0) is 127 Å². The van der Waals surface area contributed by atoms with Crippen molar-refractivity contribution in [2.24, 2.45) is 0 Å². The summed E-state index contributed by atoms with van der Waals surface area (Å²) < 4.78 is 4.88. The molecule has 0 N–H and O–H groups in total. The molecule has 4 heterocycles. The summed E-state index contributed by atoms with van der Waals surface area (Å²) in [6, 6.07) is 82.1. The van der Waals surface area contributed by atoms with Crippen LogP contribution in [0.3, 0.4) is 0 Å². The van der Waals surface area contributed by atoms with Crippen LogP contribution in [0.4, 0.5) is 0 Å². The van der Waals surface area contributed by atoms with Crippen molar-refractivity contribution in [3.05, 3.63) is 286 Å². The molecule has 0 aliphatic heterocycles. The fourth-order valence-corrected chi connectivity index (χ4v) is 14.9. The molecular formula is C69H44N4. The minimum absolute atomic E-state index is 0.354. The molecule has 17 rings (SSSR count). The highest BCUT2D eigenvalue weighted by atomic mass is 15.0. The van der Waals surface area contributed by atoms with E-state index >= 15 is 0 Å². The van der Waals surface area contributed by atoms with E-state index in [1.807, 2.05) is 6.20 Å². The lowest BCUT2D eigenvalue weighted by Crippen LogP contribution is -2.41. The van der Waals surface area contributed by atoms with E-state index in [-0.39, 0.29) is 5.41 Å². The number of fused-ring (bicyclic) bond motifs is 26. The highest BCUT2D eigenvalue weighted by molar-refractivity contribution is 6.29. The topological polar surface area (TPSA) is 35.6 Å². The lowest BCUT2D eigenvalue weighted by molar-refractivity contribution is 0.561. The van der Waals surface area contributed by atoms with Gasteiger partial charge in [-0.2, -0.15) is 0 Å². The number of para-hydroxylation sites is 3. The van der Waals surface area contributed by atoms with Crippen LogP contribution in [0.15, 0.2) is 231 Å². The van der Waals surface area contributed by atoms with Gasteiger partial charge in [0.2, 0.25) is 0 Å². The molecular weight excluding hydrogens is 885 g/mol. The summed E-state index contributed by atoms with van der Waals surface area (Å²) in [7, 11) is 0. The fraction of sp³-hybridized carbons (Fsp3) is 0.0725. The van der Waals surface area contributed by atoms with Crippen LogP contribution >= 0.6 is 0 Å². The van der Waals surface area contributed by atoms with Crippen LogP contribution in [-0.4, -0.2) is 19.1 Å². The third-order valence-electron chi connectivity index (χ3n) is 17.7.